The average Bonchev–Trinajstić information content (AvgIpc) is 3.06. The minimum absolute atomic E-state index is 0.107. The van der Waals surface area contributed by atoms with Crippen LogP contribution in [0.3, 0.4) is 0 Å². The first-order valence-corrected chi connectivity index (χ1v) is 10.0. The van der Waals surface area contributed by atoms with Crippen molar-refractivity contribution in [1.82, 2.24) is 0 Å². The summed E-state index contributed by atoms with van der Waals surface area (Å²) in [7, 11) is -3.39. The van der Waals surface area contributed by atoms with Crippen molar-refractivity contribution in [3.63, 3.8) is 0 Å². The molecule has 1 aliphatic heterocycles. The maximum absolute atomic E-state index is 13.3. The van der Waals surface area contributed by atoms with Crippen molar-refractivity contribution < 1.29 is 21.6 Å². The maximum Gasteiger partial charge on any atom is 0.431 e. The van der Waals surface area contributed by atoms with Gasteiger partial charge < -0.3 is 5.73 Å². The molecule has 0 aliphatic carbocycles. The van der Waals surface area contributed by atoms with Gasteiger partial charge in [0.05, 0.1) is 16.6 Å². The molecule has 2 aromatic rings. The predicted molar refractivity (Wildman–Crippen MR) is 97.2 cm³/mol. The third kappa shape index (κ3) is 3.98. The van der Waals surface area contributed by atoms with Crippen LogP contribution in [0.5, 0.6) is 0 Å². The molecular weight excluding hydrogens is 379 g/mol. The van der Waals surface area contributed by atoms with E-state index in [2.05, 4.69) is 5.10 Å². The van der Waals surface area contributed by atoms with Crippen LogP contribution < -0.4 is 10.7 Å². The first-order valence-electron chi connectivity index (χ1n) is 8.13. The fourth-order valence-corrected chi connectivity index (χ4v) is 3.64. The molecule has 2 N–H and O–H groups in total. The SMILES string of the molecule is CS(=O)(=O)c1ccc(C2CC(C(F)(F)F)=NN2c2ccccc2CN)cc1. The van der Waals surface area contributed by atoms with Gasteiger partial charge in [0.25, 0.3) is 0 Å². The van der Waals surface area contributed by atoms with Gasteiger partial charge in [-0.05, 0) is 29.3 Å². The van der Waals surface area contributed by atoms with Crippen LogP contribution in [0.25, 0.3) is 0 Å². The van der Waals surface area contributed by atoms with Gasteiger partial charge in [-0.15, -0.1) is 0 Å². The summed E-state index contributed by atoms with van der Waals surface area (Å²) in [6, 6.07) is 12.0. The third-order valence-electron chi connectivity index (χ3n) is 4.39. The number of nitrogens with two attached hydrogens (primary N) is 1. The normalized spacial score (nSPS) is 17.9. The topological polar surface area (TPSA) is 75.8 Å². The summed E-state index contributed by atoms with van der Waals surface area (Å²) < 4.78 is 63.1. The number of anilines is 1. The van der Waals surface area contributed by atoms with Gasteiger partial charge >= 0.3 is 6.18 Å². The molecule has 27 heavy (non-hydrogen) atoms. The van der Waals surface area contributed by atoms with Crippen LogP contribution >= 0.6 is 0 Å². The second kappa shape index (κ2) is 6.97. The van der Waals surface area contributed by atoms with E-state index < -0.39 is 27.8 Å². The van der Waals surface area contributed by atoms with Crippen molar-refractivity contribution in [2.75, 3.05) is 11.3 Å². The van der Waals surface area contributed by atoms with Crippen molar-refractivity contribution in [3.8, 4) is 0 Å². The highest BCUT2D eigenvalue weighted by Gasteiger charge is 2.43. The van der Waals surface area contributed by atoms with Gasteiger partial charge in [-0.2, -0.15) is 18.3 Å². The molecule has 5 nitrogen and oxygen atoms in total. The van der Waals surface area contributed by atoms with Crippen LogP contribution in [-0.2, 0) is 16.4 Å². The number of hydrogen-bond donors (Lipinski definition) is 1. The standard InChI is InChI=1S/C18H18F3N3O2S/c1-27(25,26)14-8-6-12(7-9-14)16-10-17(18(19,20)21)23-24(16)15-5-3-2-4-13(15)11-22/h2-9,16H,10-11,22H2,1H3. The van der Waals surface area contributed by atoms with E-state index in [1.165, 1.54) is 29.3 Å². The van der Waals surface area contributed by atoms with Crippen LogP contribution in [0.15, 0.2) is 58.5 Å². The highest BCUT2D eigenvalue weighted by Crippen LogP contribution is 2.40. The molecule has 0 spiro atoms. The molecule has 0 saturated carbocycles. The Morgan fingerprint density at radius 3 is 2.33 bits per heavy atom. The molecular formula is C18H18F3N3O2S. The van der Waals surface area contributed by atoms with Gasteiger partial charge in [0.15, 0.2) is 9.84 Å². The number of hydrogen-bond acceptors (Lipinski definition) is 5. The summed E-state index contributed by atoms with van der Waals surface area (Å²) in [6.45, 7) is 0.156. The van der Waals surface area contributed by atoms with Crippen LogP contribution in [0.2, 0.25) is 0 Å². The quantitative estimate of drug-likeness (QED) is 0.858. The monoisotopic (exact) mass is 397 g/mol. The van der Waals surface area contributed by atoms with E-state index in [-0.39, 0.29) is 17.9 Å². The lowest BCUT2D eigenvalue weighted by Crippen LogP contribution is -2.21. The van der Waals surface area contributed by atoms with Crippen LogP contribution in [0, 0.1) is 0 Å². The Hall–Kier alpha value is -2.39. The van der Waals surface area contributed by atoms with Gasteiger partial charge in [0.1, 0.15) is 5.71 Å². The van der Waals surface area contributed by atoms with Crippen LogP contribution in [0.1, 0.15) is 23.6 Å². The fraction of sp³-hybridized carbons (Fsp3) is 0.278. The number of benzene rings is 2. The molecule has 0 amide bonds. The molecule has 3 rings (SSSR count). The zero-order chi connectivity index (χ0) is 19.8. The zero-order valence-electron chi connectivity index (χ0n) is 14.4. The van der Waals surface area contributed by atoms with E-state index in [1.807, 2.05) is 0 Å². The third-order valence-corrected chi connectivity index (χ3v) is 5.52. The largest absolute Gasteiger partial charge is 0.431 e. The number of alkyl halides is 3. The van der Waals surface area contributed by atoms with E-state index >= 15 is 0 Å². The van der Waals surface area contributed by atoms with Crippen molar-refractivity contribution in [2.24, 2.45) is 10.8 Å². The lowest BCUT2D eigenvalue weighted by atomic mass is 10.0. The van der Waals surface area contributed by atoms with Crippen LogP contribution in [-0.4, -0.2) is 26.6 Å². The Kier molecular flexibility index (Phi) is 5.00. The molecule has 0 radical (unpaired) electrons. The number of hydrazone groups is 1. The predicted octanol–water partition coefficient (Wildman–Crippen LogP) is 3.42. The minimum Gasteiger partial charge on any atom is -0.326 e. The highest BCUT2D eigenvalue weighted by atomic mass is 32.2. The van der Waals surface area contributed by atoms with Crippen molar-refractivity contribution in [1.29, 1.82) is 0 Å². The summed E-state index contributed by atoms with van der Waals surface area (Å²) in [6.07, 6.45) is -3.80. The molecule has 0 fully saturated rings. The molecule has 144 valence electrons. The molecule has 9 heteroatoms. The minimum atomic E-state index is -4.54. The highest BCUT2D eigenvalue weighted by molar-refractivity contribution is 7.90. The summed E-state index contributed by atoms with van der Waals surface area (Å²) in [5.41, 5.74) is 6.55. The van der Waals surface area contributed by atoms with E-state index in [4.69, 9.17) is 5.73 Å². The molecule has 0 aromatic heterocycles. The Morgan fingerprint density at radius 2 is 1.78 bits per heavy atom. The Labute approximate surface area is 155 Å². The molecule has 1 aliphatic rings. The van der Waals surface area contributed by atoms with Gasteiger partial charge in [0.2, 0.25) is 0 Å². The number of rotatable bonds is 4. The molecule has 2 aromatic carbocycles. The van der Waals surface area contributed by atoms with E-state index in [0.717, 1.165) is 6.26 Å². The van der Waals surface area contributed by atoms with Gasteiger partial charge in [-0.1, -0.05) is 30.3 Å². The van der Waals surface area contributed by atoms with Gasteiger partial charge in [-0.3, -0.25) is 5.01 Å². The average molecular weight is 397 g/mol. The summed E-state index contributed by atoms with van der Waals surface area (Å²) in [4.78, 5) is 0.107. The molecule has 0 bridgehead atoms. The first kappa shape index (κ1) is 19.4. The summed E-state index contributed by atoms with van der Waals surface area (Å²) >= 11 is 0. The fourth-order valence-electron chi connectivity index (χ4n) is 3.01. The van der Waals surface area contributed by atoms with E-state index in [0.29, 0.717) is 16.8 Å². The second-order valence-electron chi connectivity index (χ2n) is 6.28. The smallest absolute Gasteiger partial charge is 0.326 e. The van der Waals surface area contributed by atoms with Crippen molar-refractivity contribution >= 4 is 21.2 Å². The molecule has 1 atom stereocenters. The molecule has 1 unspecified atom stereocenters. The van der Waals surface area contributed by atoms with Crippen molar-refractivity contribution in [3.05, 3.63) is 59.7 Å². The van der Waals surface area contributed by atoms with Crippen LogP contribution in [0.4, 0.5) is 18.9 Å². The Balaban J connectivity index is 2.05. The lowest BCUT2D eigenvalue weighted by Gasteiger charge is -2.26. The molecule has 1 heterocycles. The second-order valence-corrected chi connectivity index (χ2v) is 8.30. The number of para-hydroxylation sites is 1. The summed E-state index contributed by atoms with van der Waals surface area (Å²) in [5, 5.41) is 5.14. The Morgan fingerprint density at radius 1 is 1.15 bits per heavy atom. The maximum atomic E-state index is 13.3. The number of halogens is 3. The molecule has 0 saturated heterocycles. The lowest BCUT2D eigenvalue weighted by molar-refractivity contribution is -0.0600. The van der Waals surface area contributed by atoms with E-state index in [1.54, 1.807) is 24.3 Å². The number of nitrogens with zero attached hydrogens (tertiary/aromatic N) is 2. The Bertz CT molecular complexity index is 970. The van der Waals surface area contributed by atoms with Crippen molar-refractivity contribution in [2.45, 2.75) is 30.1 Å². The van der Waals surface area contributed by atoms with Gasteiger partial charge in [-0.25, -0.2) is 8.42 Å². The van der Waals surface area contributed by atoms with Gasteiger partial charge in [0, 0.05) is 19.2 Å². The summed E-state index contributed by atoms with van der Waals surface area (Å²) in [5.74, 6) is 0. The number of sulfone groups is 1. The zero-order valence-corrected chi connectivity index (χ0v) is 15.3. The van der Waals surface area contributed by atoms with E-state index in [9.17, 15) is 21.6 Å². The first-order chi connectivity index (χ1) is 12.6.